The Labute approximate surface area is 232 Å². The molecule has 0 amide bonds. The largest absolute Gasteiger partial charge is 0.493 e. The molecule has 12 heteroatoms. The number of piperidine rings is 2. The number of fused-ring (bicyclic) bond motifs is 1. The van der Waals surface area contributed by atoms with E-state index in [9.17, 15) is 0 Å². The predicted molar refractivity (Wildman–Crippen MR) is 152 cm³/mol. The van der Waals surface area contributed by atoms with Gasteiger partial charge >= 0.3 is 0 Å². The fraction of sp³-hybridized carbons (Fsp3) is 0.429. The van der Waals surface area contributed by atoms with Gasteiger partial charge in [0.05, 0.1) is 25.4 Å². The highest BCUT2D eigenvalue weighted by Crippen LogP contribution is 2.34. The highest BCUT2D eigenvalue weighted by Gasteiger charge is 2.27. The number of aromatic nitrogens is 5. The van der Waals surface area contributed by atoms with Crippen LogP contribution in [-0.2, 0) is 0 Å². The highest BCUT2D eigenvalue weighted by molar-refractivity contribution is 5.88. The maximum absolute atomic E-state index is 15.2. The Kier molecular flexibility index (Phi) is 7.25. The number of nitrogen functional groups attached to an aromatic ring is 1. The van der Waals surface area contributed by atoms with Gasteiger partial charge in [-0.15, -0.1) is 5.10 Å². The van der Waals surface area contributed by atoms with Gasteiger partial charge in [-0.2, -0.15) is 9.67 Å². The van der Waals surface area contributed by atoms with Gasteiger partial charge in [0.1, 0.15) is 12.1 Å². The monoisotopic (exact) mass is 547 g/mol. The quantitative estimate of drug-likeness (QED) is 0.349. The summed E-state index contributed by atoms with van der Waals surface area (Å²) >= 11 is 0. The fourth-order valence-electron chi connectivity index (χ4n) is 5.80. The van der Waals surface area contributed by atoms with Gasteiger partial charge in [-0.05, 0) is 63.0 Å². The Hall–Kier alpha value is -4.19. The number of ether oxygens (including phenoxy) is 2. The van der Waals surface area contributed by atoms with Crippen molar-refractivity contribution >= 4 is 34.2 Å². The lowest BCUT2D eigenvalue weighted by atomic mass is 9.99. The van der Waals surface area contributed by atoms with Crippen LogP contribution in [0.1, 0.15) is 32.1 Å². The molecular formula is C28H34FN9O2. The van der Waals surface area contributed by atoms with E-state index in [1.165, 1.54) is 49.4 Å². The molecule has 3 N–H and O–H groups in total. The number of methoxy groups -OCH3 is 2. The molecule has 2 aromatic carbocycles. The van der Waals surface area contributed by atoms with Gasteiger partial charge in [-0.25, -0.2) is 14.4 Å². The summed E-state index contributed by atoms with van der Waals surface area (Å²) in [6.45, 7) is 4.11. The number of benzene rings is 2. The smallest absolute Gasteiger partial charge is 0.248 e. The second-order valence-corrected chi connectivity index (χ2v) is 10.2. The summed E-state index contributed by atoms with van der Waals surface area (Å²) in [5.41, 5.74) is 7.99. The Morgan fingerprint density at radius 2 is 1.70 bits per heavy atom. The van der Waals surface area contributed by atoms with Crippen molar-refractivity contribution in [3.8, 4) is 17.3 Å². The molecule has 6 rings (SSSR count). The molecule has 11 nitrogen and oxygen atoms in total. The first-order chi connectivity index (χ1) is 19.5. The number of rotatable bonds is 7. The number of likely N-dealkylation sites (tertiary alicyclic amines) is 1. The van der Waals surface area contributed by atoms with Crippen LogP contribution in [0.3, 0.4) is 0 Å². The van der Waals surface area contributed by atoms with E-state index >= 15 is 4.39 Å². The summed E-state index contributed by atoms with van der Waals surface area (Å²) in [6.07, 6.45) is 7.48. The molecule has 0 saturated carbocycles. The van der Waals surface area contributed by atoms with E-state index in [4.69, 9.17) is 15.2 Å². The van der Waals surface area contributed by atoms with E-state index in [0.29, 0.717) is 45.6 Å². The minimum absolute atomic E-state index is 0.117. The van der Waals surface area contributed by atoms with Gasteiger partial charge in [0.2, 0.25) is 11.9 Å². The number of nitrogens with two attached hydrogens (primary N) is 1. The molecule has 210 valence electrons. The average molecular weight is 548 g/mol. The van der Waals surface area contributed by atoms with Gasteiger partial charge in [0.15, 0.2) is 17.3 Å². The van der Waals surface area contributed by atoms with Gasteiger partial charge in [-0.3, -0.25) is 0 Å². The lowest BCUT2D eigenvalue weighted by molar-refractivity contribution is 0.141. The lowest BCUT2D eigenvalue weighted by Crippen LogP contribution is -2.46. The molecule has 0 aliphatic carbocycles. The van der Waals surface area contributed by atoms with Crippen molar-refractivity contribution in [2.24, 2.45) is 0 Å². The van der Waals surface area contributed by atoms with E-state index in [1.54, 1.807) is 26.4 Å². The third-order valence-electron chi connectivity index (χ3n) is 7.87. The van der Waals surface area contributed by atoms with Gasteiger partial charge in [0.25, 0.3) is 0 Å². The van der Waals surface area contributed by atoms with Crippen LogP contribution >= 0.6 is 0 Å². The minimum atomic E-state index is -0.281. The summed E-state index contributed by atoms with van der Waals surface area (Å²) in [5, 5.41) is 8.21. The number of hydrogen-bond acceptors (Lipinski definition) is 10. The van der Waals surface area contributed by atoms with E-state index in [-0.39, 0.29) is 17.7 Å². The maximum atomic E-state index is 15.2. The first kappa shape index (κ1) is 26.1. The summed E-state index contributed by atoms with van der Waals surface area (Å²) in [5.74, 6) is 1.56. The fourth-order valence-corrected chi connectivity index (χ4v) is 5.80. The molecule has 0 bridgehead atoms. The molecule has 0 atom stereocenters. The third kappa shape index (κ3) is 5.06. The van der Waals surface area contributed by atoms with Crippen molar-refractivity contribution in [2.45, 2.75) is 38.1 Å². The Morgan fingerprint density at radius 1 is 0.950 bits per heavy atom. The zero-order valence-corrected chi connectivity index (χ0v) is 22.8. The highest BCUT2D eigenvalue weighted by atomic mass is 19.1. The molecule has 0 spiro atoms. The molecule has 40 heavy (non-hydrogen) atoms. The van der Waals surface area contributed by atoms with Gasteiger partial charge < -0.3 is 30.3 Å². The van der Waals surface area contributed by atoms with Crippen LogP contribution in [0.15, 0.2) is 36.7 Å². The van der Waals surface area contributed by atoms with E-state index in [1.807, 2.05) is 12.1 Å². The number of nitrogens with zero attached hydrogens (tertiary/aromatic N) is 7. The topological polar surface area (TPSA) is 119 Å². The molecule has 4 aromatic rings. The standard InChI is InChI=1S/C28H34FN9O2/c1-39-24-15-20-22(16-25(24)40-2)31-17-32-26(20)38-27(30)34-28(35-38)33-18-6-7-23(21(29)14-18)37-12-8-19(9-13-37)36-10-4-3-5-11-36/h6-7,14-17,19H,3-5,8-13H2,1-2H3,(H3,30,33,34,35). The molecule has 2 saturated heterocycles. The van der Waals surface area contributed by atoms with Gasteiger partial charge in [0, 0.05) is 36.3 Å². The average Bonchev–Trinajstić information content (AvgIpc) is 3.35. The summed E-state index contributed by atoms with van der Waals surface area (Å²) in [4.78, 5) is 17.8. The van der Waals surface area contributed by atoms with Crippen LogP contribution < -0.4 is 25.4 Å². The number of halogens is 1. The summed E-state index contributed by atoms with van der Waals surface area (Å²) in [6, 6.07) is 9.26. The molecule has 2 aliphatic rings. The van der Waals surface area contributed by atoms with E-state index in [2.05, 4.69) is 35.2 Å². The first-order valence-corrected chi connectivity index (χ1v) is 13.7. The van der Waals surface area contributed by atoms with Crippen LogP contribution in [0.5, 0.6) is 11.5 Å². The maximum Gasteiger partial charge on any atom is 0.248 e. The summed E-state index contributed by atoms with van der Waals surface area (Å²) < 4.78 is 27.5. The van der Waals surface area contributed by atoms with Crippen LogP contribution in [0.25, 0.3) is 16.7 Å². The number of nitrogens with one attached hydrogen (secondary N) is 1. The molecule has 2 aliphatic heterocycles. The summed E-state index contributed by atoms with van der Waals surface area (Å²) in [7, 11) is 3.12. The van der Waals surface area contributed by atoms with Crippen molar-refractivity contribution in [3.63, 3.8) is 0 Å². The second kappa shape index (κ2) is 11.1. The molecule has 0 radical (unpaired) electrons. The Bertz CT molecular complexity index is 1500. The predicted octanol–water partition coefficient (Wildman–Crippen LogP) is 4.15. The van der Waals surface area contributed by atoms with Crippen molar-refractivity contribution in [1.29, 1.82) is 0 Å². The van der Waals surface area contributed by atoms with Crippen molar-refractivity contribution < 1.29 is 13.9 Å². The van der Waals surface area contributed by atoms with E-state index in [0.717, 1.165) is 25.9 Å². The van der Waals surface area contributed by atoms with Crippen molar-refractivity contribution in [2.75, 3.05) is 56.3 Å². The Morgan fingerprint density at radius 3 is 2.42 bits per heavy atom. The first-order valence-electron chi connectivity index (χ1n) is 13.7. The van der Waals surface area contributed by atoms with Crippen LogP contribution in [0, 0.1) is 5.82 Å². The van der Waals surface area contributed by atoms with Gasteiger partial charge in [-0.1, -0.05) is 6.42 Å². The zero-order valence-electron chi connectivity index (χ0n) is 22.8. The van der Waals surface area contributed by atoms with Crippen molar-refractivity contribution in [1.82, 2.24) is 29.6 Å². The normalized spacial score (nSPS) is 16.8. The second-order valence-electron chi connectivity index (χ2n) is 10.2. The molecule has 2 fully saturated rings. The van der Waals surface area contributed by atoms with E-state index < -0.39 is 0 Å². The van der Waals surface area contributed by atoms with Crippen LogP contribution in [-0.4, -0.2) is 76.1 Å². The molecule has 4 heterocycles. The number of hydrogen-bond donors (Lipinski definition) is 2. The molecule has 2 aromatic heterocycles. The van der Waals surface area contributed by atoms with Crippen LogP contribution in [0.2, 0.25) is 0 Å². The lowest BCUT2D eigenvalue weighted by Gasteiger charge is -2.41. The number of anilines is 4. The van der Waals surface area contributed by atoms with Crippen molar-refractivity contribution in [3.05, 3.63) is 42.5 Å². The molecule has 0 unspecified atom stereocenters. The Balaban J connectivity index is 1.18. The SMILES string of the molecule is COc1cc2ncnc(-n3nc(Nc4ccc(N5CCC(N6CCCCC6)CC5)c(F)c4)nc3N)c2cc1OC. The minimum Gasteiger partial charge on any atom is -0.493 e. The third-order valence-corrected chi connectivity index (χ3v) is 7.87. The zero-order chi connectivity index (χ0) is 27.6. The van der Waals surface area contributed by atoms with Crippen LogP contribution in [0.4, 0.5) is 27.7 Å². The molecular weight excluding hydrogens is 513 g/mol.